The Morgan fingerprint density at radius 1 is 1.38 bits per heavy atom. The molecule has 0 aliphatic rings. The van der Waals surface area contributed by atoms with Gasteiger partial charge in [0.15, 0.2) is 0 Å². The molecule has 0 fully saturated rings. The van der Waals surface area contributed by atoms with Crippen molar-refractivity contribution in [3.05, 3.63) is 0 Å². The van der Waals surface area contributed by atoms with Crippen molar-refractivity contribution in [3.8, 4) is 0 Å². The van der Waals surface area contributed by atoms with Crippen LogP contribution in [0.4, 0.5) is 0 Å². The van der Waals surface area contributed by atoms with Crippen LogP contribution in [0.1, 0.15) is 33.6 Å². The fourth-order valence-electron chi connectivity index (χ4n) is 1.49. The van der Waals surface area contributed by atoms with Gasteiger partial charge in [-0.25, -0.2) is 4.79 Å². The molecule has 5 heteroatoms. The average molecular weight is 230 g/mol. The topological polar surface area (TPSA) is 92.4 Å². The smallest absolute Gasteiger partial charge is 0.326 e. The Balaban J connectivity index is 4.43. The molecule has 0 aliphatic carbocycles. The summed E-state index contributed by atoms with van der Waals surface area (Å²) in [6, 6.07) is -0.835. The Hall–Kier alpha value is -1.10. The molecule has 4 N–H and O–H groups in total. The van der Waals surface area contributed by atoms with Gasteiger partial charge in [-0.05, 0) is 12.3 Å². The minimum absolute atomic E-state index is 0.137. The number of hydrogen-bond donors (Lipinski definition) is 3. The number of rotatable bonds is 7. The SMILES string of the molecule is CCCC(CN)C(=O)N[C@H](C(=O)O)C(C)C. The lowest BCUT2D eigenvalue weighted by atomic mass is 10.00. The van der Waals surface area contributed by atoms with Gasteiger partial charge in [0.1, 0.15) is 6.04 Å². The molecule has 2 atom stereocenters. The van der Waals surface area contributed by atoms with Crippen LogP contribution < -0.4 is 11.1 Å². The van der Waals surface area contributed by atoms with Crippen LogP contribution >= 0.6 is 0 Å². The van der Waals surface area contributed by atoms with E-state index in [1.54, 1.807) is 13.8 Å². The summed E-state index contributed by atoms with van der Waals surface area (Å²) in [6.07, 6.45) is 1.54. The average Bonchev–Trinajstić information content (AvgIpc) is 2.21. The first-order valence-electron chi connectivity index (χ1n) is 5.67. The predicted molar refractivity (Wildman–Crippen MR) is 61.9 cm³/mol. The van der Waals surface area contributed by atoms with E-state index in [9.17, 15) is 9.59 Å². The maximum absolute atomic E-state index is 11.7. The first-order chi connectivity index (χ1) is 7.43. The van der Waals surface area contributed by atoms with Crippen molar-refractivity contribution in [3.63, 3.8) is 0 Å². The second kappa shape index (κ2) is 7.22. The van der Waals surface area contributed by atoms with E-state index in [-0.39, 0.29) is 24.3 Å². The Bertz CT molecular complexity index is 241. The van der Waals surface area contributed by atoms with Crippen molar-refractivity contribution in [1.82, 2.24) is 5.32 Å². The fourth-order valence-corrected chi connectivity index (χ4v) is 1.49. The number of aliphatic carboxylic acids is 1. The predicted octanol–water partition coefficient (Wildman–Crippen LogP) is 0.587. The Labute approximate surface area is 96.4 Å². The van der Waals surface area contributed by atoms with Gasteiger partial charge in [0, 0.05) is 6.54 Å². The van der Waals surface area contributed by atoms with E-state index in [0.29, 0.717) is 6.42 Å². The zero-order chi connectivity index (χ0) is 12.7. The lowest BCUT2D eigenvalue weighted by Crippen LogP contribution is -2.47. The van der Waals surface area contributed by atoms with Crippen LogP contribution in [-0.2, 0) is 9.59 Å². The summed E-state index contributed by atoms with van der Waals surface area (Å²) in [5.74, 6) is -1.69. The summed E-state index contributed by atoms with van der Waals surface area (Å²) in [4.78, 5) is 22.6. The molecule has 0 bridgehead atoms. The lowest BCUT2D eigenvalue weighted by Gasteiger charge is -2.21. The van der Waals surface area contributed by atoms with Crippen molar-refractivity contribution >= 4 is 11.9 Å². The number of hydrogen-bond acceptors (Lipinski definition) is 3. The highest BCUT2D eigenvalue weighted by Crippen LogP contribution is 2.08. The van der Waals surface area contributed by atoms with Crippen molar-refractivity contribution < 1.29 is 14.7 Å². The normalized spacial score (nSPS) is 14.6. The van der Waals surface area contributed by atoms with Crippen LogP contribution in [-0.4, -0.2) is 29.6 Å². The number of nitrogens with one attached hydrogen (secondary N) is 1. The maximum Gasteiger partial charge on any atom is 0.326 e. The van der Waals surface area contributed by atoms with Crippen molar-refractivity contribution in [2.45, 2.75) is 39.7 Å². The molecule has 0 aromatic rings. The molecule has 0 saturated heterocycles. The molecule has 0 rings (SSSR count). The third kappa shape index (κ3) is 4.61. The number of carbonyl (C=O) groups is 2. The molecule has 16 heavy (non-hydrogen) atoms. The highest BCUT2D eigenvalue weighted by molar-refractivity contribution is 5.85. The van der Waals surface area contributed by atoms with Gasteiger partial charge < -0.3 is 16.2 Å². The van der Waals surface area contributed by atoms with Crippen molar-refractivity contribution in [1.29, 1.82) is 0 Å². The molecule has 0 heterocycles. The van der Waals surface area contributed by atoms with E-state index >= 15 is 0 Å². The molecular formula is C11H22N2O3. The van der Waals surface area contributed by atoms with E-state index in [1.807, 2.05) is 6.92 Å². The highest BCUT2D eigenvalue weighted by atomic mass is 16.4. The van der Waals surface area contributed by atoms with Crippen LogP contribution in [0.5, 0.6) is 0 Å². The molecule has 1 amide bonds. The van der Waals surface area contributed by atoms with Gasteiger partial charge in [0.25, 0.3) is 0 Å². The molecule has 0 aromatic heterocycles. The van der Waals surface area contributed by atoms with Crippen LogP contribution in [0.25, 0.3) is 0 Å². The quantitative estimate of drug-likeness (QED) is 0.596. The molecule has 5 nitrogen and oxygen atoms in total. The van der Waals surface area contributed by atoms with E-state index < -0.39 is 12.0 Å². The van der Waals surface area contributed by atoms with Crippen molar-refractivity contribution in [2.75, 3.05) is 6.54 Å². The molecule has 0 aliphatic heterocycles. The summed E-state index contributed by atoms with van der Waals surface area (Å²) < 4.78 is 0. The molecule has 0 aromatic carbocycles. The summed E-state index contributed by atoms with van der Waals surface area (Å²) in [5.41, 5.74) is 5.48. The second-order valence-corrected chi connectivity index (χ2v) is 4.29. The Morgan fingerprint density at radius 2 is 1.94 bits per heavy atom. The highest BCUT2D eigenvalue weighted by Gasteiger charge is 2.26. The van der Waals surface area contributed by atoms with Gasteiger partial charge in [0.05, 0.1) is 5.92 Å². The minimum Gasteiger partial charge on any atom is -0.480 e. The molecular weight excluding hydrogens is 208 g/mol. The lowest BCUT2D eigenvalue weighted by molar-refractivity contribution is -0.143. The van der Waals surface area contributed by atoms with E-state index in [2.05, 4.69) is 5.32 Å². The zero-order valence-corrected chi connectivity index (χ0v) is 10.2. The standard InChI is InChI=1S/C11H22N2O3/c1-4-5-8(6-12)10(14)13-9(7(2)3)11(15)16/h7-9H,4-6,12H2,1-3H3,(H,13,14)(H,15,16)/t8?,9-/m0/s1. The largest absolute Gasteiger partial charge is 0.480 e. The molecule has 0 radical (unpaired) electrons. The summed E-state index contributed by atoms with van der Waals surface area (Å²) >= 11 is 0. The minimum atomic E-state index is -1.00. The molecule has 0 spiro atoms. The molecule has 1 unspecified atom stereocenters. The van der Waals surface area contributed by atoms with Gasteiger partial charge in [-0.15, -0.1) is 0 Å². The number of carbonyl (C=O) groups excluding carboxylic acids is 1. The number of carboxylic acids is 1. The first-order valence-corrected chi connectivity index (χ1v) is 5.67. The third-order valence-corrected chi connectivity index (χ3v) is 2.52. The fraction of sp³-hybridized carbons (Fsp3) is 0.818. The Kier molecular flexibility index (Phi) is 6.72. The van der Waals surface area contributed by atoms with Gasteiger partial charge in [0.2, 0.25) is 5.91 Å². The first kappa shape index (κ1) is 14.9. The number of nitrogens with two attached hydrogens (primary N) is 1. The molecule has 0 saturated carbocycles. The van der Waals surface area contributed by atoms with E-state index in [0.717, 1.165) is 6.42 Å². The van der Waals surface area contributed by atoms with E-state index in [1.165, 1.54) is 0 Å². The van der Waals surface area contributed by atoms with E-state index in [4.69, 9.17) is 10.8 Å². The van der Waals surface area contributed by atoms with Crippen LogP contribution in [0.15, 0.2) is 0 Å². The summed E-state index contributed by atoms with van der Waals surface area (Å²) in [6.45, 7) is 5.74. The summed E-state index contributed by atoms with van der Waals surface area (Å²) in [7, 11) is 0. The molecule has 94 valence electrons. The number of carboxylic acid groups (broad SMARTS) is 1. The monoisotopic (exact) mass is 230 g/mol. The zero-order valence-electron chi connectivity index (χ0n) is 10.2. The van der Waals surface area contributed by atoms with Crippen LogP contribution in [0.3, 0.4) is 0 Å². The summed E-state index contributed by atoms with van der Waals surface area (Å²) in [5, 5.41) is 11.5. The second-order valence-electron chi connectivity index (χ2n) is 4.29. The number of amides is 1. The van der Waals surface area contributed by atoms with Gasteiger partial charge in [-0.3, -0.25) is 4.79 Å². The van der Waals surface area contributed by atoms with Gasteiger partial charge >= 0.3 is 5.97 Å². The van der Waals surface area contributed by atoms with Crippen molar-refractivity contribution in [2.24, 2.45) is 17.6 Å². The maximum atomic E-state index is 11.7. The van der Waals surface area contributed by atoms with Crippen LogP contribution in [0, 0.1) is 11.8 Å². The van der Waals surface area contributed by atoms with Gasteiger partial charge in [-0.2, -0.15) is 0 Å². The van der Waals surface area contributed by atoms with Crippen LogP contribution in [0.2, 0.25) is 0 Å². The Morgan fingerprint density at radius 3 is 2.25 bits per heavy atom. The third-order valence-electron chi connectivity index (χ3n) is 2.52. The van der Waals surface area contributed by atoms with Gasteiger partial charge in [-0.1, -0.05) is 27.2 Å².